The summed E-state index contributed by atoms with van der Waals surface area (Å²) in [5.41, 5.74) is 0.943. The maximum absolute atomic E-state index is 13.0. The van der Waals surface area contributed by atoms with Crippen molar-refractivity contribution in [3.63, 3.8) is 0 Å². The summed E-state index contributed by atoms with van der Waals surface area (Å²) in [5.74, 6) is -0.883. The highest BCUT2D eigenvalue weighted by Gasteiger charge is 2.02. The molecule has 1 nitrogen and oxygen atoms in total. The summed E-state index contributed by atoms with van der Waals surface area (Å²) < 4.78 is 25.7. The van der Waals surface area contributed by atoms with E-state index in [2.05, 4.69) is 5.32 Å². The number of nitrogens with one attached hydrogen (secondary N) is 1. The lowest BCUT2D eigenvalue weighted by Crippen LogP contribution is -2.03. The van der Waals surface area contributed by atoms with Gasteiger partial charge in [0.1, 0.15) is 0 Å². The van der Waals surface area contributed by atoms with E-state index in [1.165, 1.54) is 17.8 Å². The molecule has 2 aromatic rings. The van der Waals surface area contributed by atoms with Crippen molar-refractivity contribution in [3.8, 4) is 0 Å². The molecule has 100 valence electrons. The van der Waals surface area contributed by atoms with Crippen molar-refractivity contribution in [2.24, 2.45) is 0 Å². The topological polar surface area (TPSA) is 12.0 Å². The second-order valence-corrected chi connectivity index (χ2v) is 5.47. The van der Waals surface area contributed by atoms with E-state index in [-0.39, 0.29) is 0 Å². The number of rotatable bonds is 5. The van der Waals surface area contributed by atoms with Gasteiger partial charge in [-0.15, -0.1) is 11.8 Å². The predicted octanol–water partition coefficient (Wildman–Crippen LogP) is 4.82. The maximum Gasteiger partial charge on any atom is 0.159 e. The van der Waals surface area contributed by atoms with Gasteiger partial charge in [-0.3, -0.25) is 0 Å². The molecule has 0 fully saturated rings. The summed E-state index contributed by atoms with van der Waals surface area (Å²) in [6, 6.07) is 11.4. The zero-order valence-electron chi connectivity index (χ0n) is 10.00. The molecule has 0 bridgehead atoms. The lowest BCUT2D eigenvalue weighted by atomic mass is 10.3. The van der Waals surface area contributed by atoms with Gasteiger partial charge in [0.25, 0.3) is 0 Å². The van der Waals surface area contributed by atoms with Crippen LogP contribution in [0.15, 0.2) is 47.4 Å². The Morgan fingerprint density at radius 2 is 1.89 bits per heavy atom. The van der Waals surface area contributed by atoms with Gasteiger partial charge in [0.15, 0.2) is 11.6 Å². The average molecular weight is 300 g/mol. The molecule has 0 heterocycles. The van der Waals surface area contributed by atoms with Crippen LogP contribution in [0.4, 0.5) is 14.5 Å². The van der Waals surface area contributed by atoms with E-state index in [9.17, 15) is 8.78 Å². The van der Waals surface area contributed by atoms with Crippen molar-refractivity contribution < 1.29 is 8.78 Å². The molecule has 0 aliphatic rings. The lowest BCUT2D eigenvalue weighted by Gasteiger charge is -2.06. The van der Waals surface area contributed by atoms with Crippen molar-refractivity contribution in [1.29, 1.82) is 0 Å². The Labute approximate surface area is 120 Å². The van der Waals surface area contributed by atoms with Crippen LogP contribution < -0.4 is 5.32 Å². The quantitative estimate of drug-likeness (QED) is 0.627. The molecular weight excluding hydrogens is 288 g/mol. The third-order valence-corrected chi connectivity index (χ3v) is 3.65. The fourth-order valence-electron chi connectivity index (χ4n) is 1.53. The molecule has 0 aliphatic heterocycles. The molecule has 1 N–H and O–H groups in total. The van der Waals surface area contributed by atoms with Gasteiger partial charge in [0.05, 0.1) is 0 Å². The summed E-state index contributed by atoms with van der Waals surface area (Å²) in [7, 11) is 0. The highest BCUT2D eigenvalue weighted by atomic mass is 35.5. The van der Waals surface area contributed by atoms with Crippen LogP contribution in [0.5, 0.6) is 0 Å². The molecule has 0 radical (unpaired) electrons. The first-order valence-electron chi connectivity index (χ1n) is 5.72. The van der Waals surface area contributed by atoms with Crippen LogP contribution in [-0.2, 0) is 0 Å². The summed E-state index contributed by atoms with van der Waals surface area (Å²) >= 11 is 7.33. The fourth-order valence-corrected chi connectivity index (χ4v) is 2.51. The second kappa shape index (κ2) is 6.78. The third-order valence-electron chi connectivity index (χ3n) is 2.42. The zero-order valence-corrected chi connectivity index (χ0v) is 11.6. The standard InChI is InChI=1S/C14H12ClF2NS/c15-10-2-1-3-11(8-10)18-6-7-19-12-4-5-13(16)14(17)9-12/h1-5,8-9,18H,6-7H2. The highest BCUT2D eigenvalue weighted by molar-refractivity contribution is 7.99. The average Bonchev–Trinajstić information content (AvgIpc) is 2.39. The van der Waals surface area contributed by atoms with Gasteiger partial charge in [-0.25, -0.2) is 8.78 Å². The van der Waals surface area contributed by atoms with E-state index in [4.69, 9.17) is 11.6 Å². The minimum atomic E-state index is -0.818. The van der Waals surface area contributed by atoms with Crippen LogP contribution in [0.3, 0.4) is 0 Å². The van der Waals surface area contributed by atoms with Crippen LogP contribution in [0.2, 0.25) is 5.02 Å². The van der Waals surface area contributed by atoms with Gasteiger partial charge in [-0.1, -0.05) is 17.7 Å². The van der Waals surface area contributed by atoms with Gasteiger partial charge in [0, 0.05) is 27.9 Å². The van der Waals surface area contributed by atoms with Gasteiger partial charge in [-0.2, -0.15) is 0 Å². The molecular formula is C14H12ClF2NS. The van der Waals surface area contributed by atoms with Crippen LogP contribution in [0.1, 0.15) is 0 Å². The monoisotopic (exact) mass is 299 g/mol. The lowest BCUT2D eigenvalue weighted by molar-refractivity contribution is 0.506. The zero-order chi connectivity index (χ0) is 13.7. The van der Waals surface area contributed by atoms with Crippen LogP contribution in [0.25, 0.3) is 0 Å². The van der Waals surface area contributed by atoms with Gasteiger partial charge >= 0.3 is 0 Å². The van der Waals surface area contributed by atoms with Crippen molar-refractivity contribution in [1.82, 2.24) is 0 Å². The molecule has 5 heteroatoms. The minimum Gasteiger partial charge on any atom is -0.384 e. The Morgan fingerprint density at radius 3 is 2.63 bits per heavy atom. The molecule has 0 aromatic heterocycles. The largest absolute Gasteiger partial charge is 0.384 e. The number of benzene rings is 2. The van der Waals surface area contributed by atoms with E-state index in [0.717, 1.165) is 17.5 Å². The van der Waals surface area contributed by atoms with Crippen molar-refractivity contribution >= 4 is 29.1 Å². The van der Waals surface area contributed by atoms with Crippen LogP contribution >= 0.6 is 23.4 Å². The van der Waals surface area contributed by atoms with Gasteiger partial charge in [0.2, 0.25) is 0 Å². The molecule has 0 saturated heterocycles. The van der Waals surface area contributed by atoms with Gasteiger partial charge < -0.3 is 5.32 Å². The van der Waals surface area contributed by atoms with E-state index in [0.29, 0.717) is 16.5 Å². The molecule has 0 spiro atoms. The van der Waals surface area contributed by atoms with Gasteiger partial charge in [-0.05, 0) is 36.4 Å². The molecule has 0 unspecified atom stereocenters. The van der Waals surface area contributed by atoms with E-state index < -0.39 is 11.6 Å². The predicted molar refractivity (Wildman–Crippen MR) is 77.0 cm³/mol. The minimum absolute atomic E-state index is 0.679. The first-order chi connectivity index (χ1) is 9.15. The van der Waals surface area contributed by atoms with Crippen molar-refractivity contribution in [3.05, 3.63) is 59.1 Å². The normalized spacial score (nSPS) is 10.5. The number of halogens is 3. The molecule has 2 aromatic carbocycles. The maximum atomic E-state index is 13.0. The molecule has 0 atom stereocenters. The number of thioether (sulfide) groups is 1. The SMILES string of the molecule is Fc1ccc(SCCNc2cccc(Cl)c2)cc1F. The third kappa shape index (κ3) is 4.40. The van der Waals surface area contributed by atoms with E-state index in [1.54, 1.807) is 6.07 Å². The molecule has 0 amide bonds. The Morgan fingerprint density at radius 1 is 1.05 bits per heavy atom. The Kier molecular flexibility index (Phi) is 5.05. The number of hydrogen-bond donors (Lipinski definition) is 1. The second-order valence-electron chi connectivity index (χ2n) is 3.86. The Hall–Kier alpha value is -1.26. The Balaban J connectivity index is 1.79. The van der Waals surface area contributed by atoms with Crippen molar-refractivity contribution in [2.75, 3.05) is 17.6 Å². The number of anilines is 1. The molecule has 0 aliphatic carbocycles. The first kappa shape index (κ1) is 14.2. The Bertz CT molecular complexity index is 563. The summed E-state index contributed by atoms with van der Waals surface area (Å²) in [6.45, 7) is 0.712. The van der Waals surface area contributed by atoms with Crippen LogP contribution in [-0.4, -0.2) is 12.3 Å². The van der Waals surface area contributed by atoms with E-state index in [1.807, 2.05) is 24.3 Å². The van der Waals surface area contributed by atoms with Crippen LogP contribution in [0, 0.1) is 11.6 Å². The molecule has 0 saturated carbocycles. The summed E-state index contributed by atoms with van der Waals surface area (Å²) in [5, 5.41) is 3.89. The smallest absolute Gasteiger partial charge is 0.159 e. The first-order valence-corrected chi connectivity index (χ1v) is 7.09. The fraction of sp³-hybridized carbons (Fsp3) is 0.143. The van der Waals surface area contributed by atoms with E-state index >= 15 is 0 Å². The summed E-state index contributed by atoms with van der Waals surface area (Å²) in [6.07, 6.45) is 0. The number of hydrogen-bond acceptors (Lipinski definition) is 2. The highest BCUT2D eigenvalue weighted by Crippen LogP contribution is 2.20. The molecule has 2 rings (SSSR count). The molecule has 19 heavy (non-hydrogen) atoms. The van der Waals surface area contributed by atoms with Crippen molar-refractivity contribution in [2.45, 2.75) is 4.90 Å². The summed E-state index contributed by atoms with van der Waals surface area (Å²) in [4.78, 5) is 0.715.